The van der Waals surface area contributed by atoms with Crippen LogP contribution in [0.3, 0.4) is 0 Å². The van der Waals surface area contributed by atoms with Gasteiger partial charge in [-0.25, -0.2) is 4.98 Å². The Labute approximate surface area is 174 Å². The van der Waals surface area contributed by atoms with Crippen molar-refractivity contribution in [2.45, 2.75) is 13.0 Å². The van der Waals surface area contributed by atoms with Gasteiger partial charge in [-0.15, -0.1) is 0 Å². The van der Waals surface area contributed by atoms with Crippen LogP contribution in [-0.2, 0) is 4.79 Å². The van der Waals surface area contributed by atoms with E-state index in [0.29, 0.717) is 27.7 Å². The number of amides is 1. The smallest absolute Gasteiger partial charge is 0.256 e. The Bertz CT molecular complexity index is 1220. The zero-order chi connectivity index (χ0) is 21.1. The van der Waals surface area contributed by atoms with Crippen LogP contribution in [-0.4, -0.2) is 21.8 Å². The molecule has 1 aromatic heterocycles. The van der Waals surface area contributed by atoms with Crippen molar-refractivity contribution in [2.24, 2.45) is 0 Å². The van der Waals surface area contributed by atoms with E-state index in [4.69, 9.17) is 0 Å². The van der Waals surface area contributed by atoms with E-state index in [9.17, 15) is 14.7 Å². The average Bonchev–Trinajstić information content (AvgIpc) is 2.78. The Balaban J connectivity index is 1.84. The summed E-state index contributed by atoms with van der Waals surface area (Å²) in [5.74, 6) is -0.948. The second-order valence-corrected chi connectivity index (χ2v) is 6.99. The molecule has 1 atom stereocenters. The number of para-hydroxylation sites is 1. The molecule has 0 spiro atoms. The van der Waals surface area contributed by atoms with Crippen molar-refractivity contribution in [3.8, 4) is 17.0 Å². The van der Waals surface area contributed by atoms with Crippen molar-refractivity contribution in [1.29, 1.82) is 0 Å². The van der Waals surface area contributed by atoms with Gasteiger partial charge in [0.25, 0.3) is 5.91 Å². The average molecular weight is 396 g/mol. The lowest BCUT2D eigenvalue weighted by molar-refractivity contribution is -0.118. The molecular weight excluding hydrogens is 376 g/mol. The number of nitrogens with zero attached hydrogens (tertiary/aromatic N) is 1. The fourth-order valence-electron chi connectivity index (χ4n) is 3.50. The van der Waals surface area contributed by atoms with Gasteiger partial charge in [-0.3, -0.25) is 9.59 Å². The zero-order valence-corrected chi connectivity index (χ0v) is 16.4. The summed E-state index contributed by atoms with van der Waals surface area (Å²) < 4.78 is 0. The summed E-state index contributed by atoms with van der Waals surface area (Å²) in [6, 6.07) is 24.5. The van der Waals surface area contributed by atoms with Gasteiger partial charge in [0, 0.05) is 10.9 Å². The quantitative estimate of drug-likeness (QED) is 0.514. The normalized spacial score (nSPS) is 11.8. The van der Waals surface area contributed by atoms with Crippen molar-refractivity contribution in [3.63, 3.8) is 0 Å². The van der Waals surface area contributed by atoms with Gasteiger partial charge < -0.3 is 10.4 Å². The van der Waals surface area contributed by atoms with Gasteiger partial charge in [0.1, 0.15) is 11.7 Å². The fraction of sp³-hybridized carbons (Fsp3) is 0.0800. The highest BCUT2D eigenvalue weighted by Crippen LogP contribution is 2.35. The lowest BCUT2D eigenvalue weighted by atomic mass is 9.99. The van der Waals surface area contributed by atoms with Crippen LogP contribution in [0.1, 0.15) is 28.9 Å². The predicted octanol–water partition coefficient (Wildman–Crippen LogP) is 4.67. The molecule has 4 aromatic rings. The summed E-state index contributed by atoms with van der Waals surface area (Å²) in [7, 11) is 0. The Morgan fingerprint density at radius 1 is 0.867 bits per heavy atom. The van der Waals surface area contributed by atoms with Crippen LogP contribution in [0.25, 0.3) is 22.2 Å². The summed E-state index contributed by atoms with van der Waals surface area (Å²) >= 11 is 0. The second kappa shape index (κ2) is 8.17. The van der Waals surface area contributed by atoms with Crippen molar-refractivity contribution in [2.75, 3.05) is 0 Å². The number of carbonyl (C=O) groups is 2. The molecule has 0 radical (unpaired) electrons. The van der Waals surface area contributed by atoms with Crippen LogP contribution in [0.4, 0.5) is 0 Å². The summed E-state index contributed by atoms with van der Waals surface area (Å²) in [5.41, 5.74) is 2.37. The molecule has 148 valence electrons. The first-order valence-corrected chi connectivity index (χ1v) is 9.59. The molecular formula is C25H20N2O3. The number of pyridine rings is 1. The Kier molecular flexibility index (Phi) is 5.26. The van der Waals surface area contributed by atoms with Gasteiger partial charge in [0.15, 0.2) is 11.5 Å². The molecule has 0 saturated carbocycles. The van der Waals surface area contributed by atoms with Crippen LogP contribution in [0.5, 0.6) is 5.75 Å². The molecule has 0 aliphatic rings. The van der Waals surface area contributed by atoms with Crippen LogP contribution in [0, 0.1) is 0 Å². The number of hydrogen-bond acceptors (Lipinski definition) is 4. The largest absolute Gasteiger partial charge is 0.505 e. The van der Waals surface area contributed by atoms with Gasteiger partial charge >= 0.3 is 0 Å². The molecule has 0 saturated heterocycles. The maximum atomic E-state index is 13.3. The molecule has 5 heteroatoms. The van der Waals surface area contributed by atoms with E-state index < -0.39 is 11.9 Å². The molecule has 3 aromatic carbocycles. The van der Waals surface area contributed by atoms with Crippen molar-refractivity contribution >= 4 is 22.6 Å². The first-order chi connectivity index (χ1) is 14.6. The second-order valence-electron chi connectivity index (χ2n) is 6.99. The number of fused-ring (bicyclic) bond motifs is 1. The lowest BCUT2D eigenvalue weighted by Gasteiger charge is -2.18. The number of aromatic hydroxyl groups is 1. The van der Waals surface area contributed by atoms with E-state index in [1.807, 2.05) is 54.6 Å². The van der Waals surface area contributed by atoms with Crippen LogP contribution >= 0.6 is 0 Å². The molecule has 0 unspecified atom stereocenters. The maximum absolute atomic E-state index is 13.3. The van der Waals surface area contributed by atoms with Crippen molar-refractivity contribution < 1.29 is 14.7 Å². The number of aromatic nitrogens is 1. The topological polar surface area (TPSA) is 79.3 Å². The van der Waals surface area contributed by atoms with Gasteiger partial charge in [-0.2, -0.15) is 0 Å². The Morgan fingerprint density at radius 3 is 2.13 bits per heavy atom. The third kappa shape index (κ3) is 3.65. The highest BCUT2D eigenvalue weighted by atomic mass is 16.3. The third-order valence-corrected chi connectivity index (χ3v) is 4.96. The van der Waals surface area contributed by atoms with Crippen molar-refractivity contribution in [3.05, 3.63) is 96.1 Å². The molecule has 0 aliphatic carbocycles. The summed E-state index contributed by atoms with van der Waals surface area (Å²) in [5, 5.41) is 14.3. The number of benzene rings is 3. The van der Waals surface area contributed by atoms with Crippen LogP contribution in [0.15, 0.2) is 84.9 Å². The van der Waals surface area contributed by atoms with Gasteiger partial charge in [0.2, 0.25) is 0 Å². The van der Waals surface area contributed by atoms with E-state index in [2.05, 4.69) is 10.3 Å². The predicted molar refractivity (Wildman–Crippen MR) is 116 cm³/mol. The van der Waals surface area contributed by atoms with Crippen molar-refractivity contribution in [1.82, 2.24) is 10.3 Å². The molecule has 0 aliphatic heterocycles. The molecule has 2 N–H and O–H groups in total. The molecule has 1 heterocycles. The fourth-order valence-corrected chi connectivity index (χ4v) is 3.50. The maximum Gasteiger partial charge on any atom is 0.256 e. The van der Waals surface area contributed by atoms with Gasteiger partial charge in [0.05, 0.1) is 11.1 Å². The molecule has 30 heavy (non-hydrogen) atoms. The number of nitrogens with one attached hydrogen (secondary N) is 1. The van der Waals surface area contributed by atoms with E-state index in [-0.39, 0.29) is 17.1 Å². The Morgan fingerprint density at radius 2 is 1.47 bits per heavy atom. The van der Waals surface area contributed by atoms with E-state index in [1.54, 1.807) is 30.3 Å². The lowest BCUT2D eigenvalue weighted by Crippen LogP contribution is -2.33. The number of ketones is 1. The number of hydrogen-bond donors (Lipinski definition) is 2. The first-order valence-electron chi connectivity index (χ1n) is 9.59. The molecule has 5 nitrogen and oxygen atoms in total. The van der Waals surface area contributed by atoms with Gasteiger partial charge in [-0.1, -0.05) is 78.9 Å². The van der Waals surface area contributed by atoms with Crippen LogP contribution in [0.2, 0.25) is 0 Å². The molecule has 0 bridgehead atoms. The first kappa shape index (κ1) is 19.3. The molecule has 1 amide bonds. The minimum atomic E-state index is -0.815. The zero-order valence-electron chi connectivity index (χ0n) is 16.4. The van der Waals surface area contributed by atoms with E-state index in [0.717, 1.165) is 0 Å². The standard InChI is InChI=1S/C25H20N2O3/c1-16(28)22(17-10-4-2-5-11-17)27-25(30)21-19-14-8-9-15-20(19)26-23(24(21)29)18-12-6-3-7-13-18/h2-15,22,29H,1H3,(H,27,30)/t22-/m0/s1. The minimum absolute atomic E-state index is 0.0987. The highest BCUT2D eigenvalue weighted by molar-refractivity contribution is 6.11. The summed E-state index contributed by atoms with van der Waals surface area (Å²) in [6.45, 7) is 1.43. The number of carbonyl (C=O) groups excluding carboxylic acids is 2. The third-order valence-electron chi connectivity index (χ3n) is 4.96. The SMILES string of the molecule is CC(=O)[C@H](NC(=O)c1c(O)c(-c2ccccc2)nc2ccccc12)c1ccccc1. The molecule has 0 fully saturated rings. The number of rotatable bonds is 5. The monoisotopic (exact) mass is 396 g/mol. The van der Waals surface area contributed by atoms with Crippen LogP contribution < -0.4 is 5.32 Å². The highest BCUT2D eigenvalue weighted by Gasteiger charge is 2.25. The summed E-state index contributed by atoms with van der Waals surface area (Å²) in [4.78, 5) is 30.1. The Hall–Kier alpha value is -3.99. The summed E-state index contributed by atoms with van der Waals surface area (Å²) in [6.07, 6.45) is 0. The van der Waals surface area contributed by atoms with E-state index >= 15 is 0 Å². The molecule has 4 rings (SSSR count). The number of Topliss-reactive ketones (excluding diaryl/α,β-unsaturated/α-hetero) is 1. The van der Waals surface area contributed by atoms with E-state index in [1.165, 1.54) is 6.92 Å². The minimum Gasteiger partial charge on any atom is -0.505 e. The van der Waals surface area contributed by atoms with Gasteiger partial charge in [-0.05, 0) is 18.6 Å².